The monoisotopic (exact) mass is 305 g/mol. The summed E-state index contributed by atoms with van der Waals surface area (Å²) in [5.74, 6) is 0.869. The molecule has 5 heteroatoms. The Bertz CT molecular complexity index is 638. The summed E-state index contributed by atoms with van der Waals surface area (Å²) in [6.07, 6.45) is 0. The average molecular weight is 306 g/mol. The summed E-state index contributed by atoms with van der Waals surface area (Å²) in [4.78, 5) is 5.37. The van der Waals surface area contributed by atoms with Gasteiger partial charge >= 0.3 is 0 Å². The predicted octanol–water partition coefficient (Wildman–Crippen LogP) is 3.93. The van der Waals surface area contributed by atoms with Crippen LogP contribution >= 0.6 is 23.4 Å². The lowest BCUT2D eigenvalue weighted by atomic mass is 10.1. The van der Waals surface area contributed by atoms with Crippen molar-refractivity contribution in [3.8, 4) is 0 Å². The molecule has 0 atom stereocenters. The van der Waals surface area contributed by atoms with Gasteiger partial charge in [0.15, 0.2) is 0 Å². The highest BCUT2D eigenvalue weighted by Gasteiger charge is 2.11. The molecular weight excluding hydrogens is 290 g/mol. The average Bonchev–Trinajstić information content (AvgIpc) is 2.36. The lowest BCUT2D eigenvalue weighted by Crippen LogP contribution is -2.15. The largest absolute Gasteiger partial charge is 0.384 e. The molecule has 2 aromatic rings. The van der Waals surface area contributed by atoms with Crippen LogP contribution in [-0.4, -0.2) is 10.8 Å². The zero-order valence-corrected chi connectivity index (χ0v) is 13.0. The van der Waals surface area contributed by atoms with E-state index in [1.807, 2.05) is 44.2 Å². The van der Waals surface area contributed by atoms with Crippen LogP contribution in [0.25, 0.3) is 0 Å². The first-order chi connectivity index (χ1) is 9.47. The summed E-state index contributed by atoms with van der Waals surface area (Å²) >= 11 is 7.54. The maximum Gasteiger partial charge on any atom is 0.125 e. The van der Waals surface area contributed by atoms with Crippen LogP contribution in [0.2, 0.25) is 5.02 Å². The van der Waals surface area contributed by atoms with Crippen molar-refractivity contribution in [2.24, 2.45) is 5.73 Å². The van der Waals surface area contributed by atoms with Gasteiger partial charge in [-0.3, -0.25) is 10.4 Å². The fourth-order valence-electron chi connectivity index (χ4n) is 1.98. The van der Waals surface area contributed by atoms with Crippen molar-refractivity contribution < 1.29 is 0 Å². The fraction of sp³-hybridized carbons (Fsp3) is 0.200. The van der Waals surface area contributed by atoms with Gasteiger partial charge in [0.1, 0.15) is 5.84 Å². The Hall–Kier alpha value is -1.52. The van der Waals surface area contributed by atoms with Crippen LogP contribution in [0.4, 0.5) is 0 Å². The van der Waals surface area contributed by atoms with E-state index in [1.165, 1.54) is 5.56 Å². The molecule has 0 spiro atoms. The molecule has 104 valence electrons. The van der Waals surface area contributed by atoms with Crippen LogP contribution in [0.15, 0.2) is 35.2 Å². The highest BCUT2D eigenvalue weighted by molar-refractivity contribution is 7.98. The molecule has 20 heavy (non-hydrogen) atoms. The number of hydrogen-bond donors (Lipinski definition) is 2. The van der Waals surface area contributed by atoms with Crippen molar-refractivity contribution in [1.29, 1.82) is 5.41 Å². The third-order valence-corrected chi connectivity index (χ3v) is 4.23. The summed E-state index contributed by atoms with van der Waals surface area (Å²) in [6, 6.07) is 9.75. The molecule has 1 aromatic carbocycles. The lowest BCUT2D eigenvalue weighted by Gasteiger charge is -2.11. The summed E-state index contributed by atoms with van der Waals surface area (Å²) in [5, 5.41) is 8.44. The number of rotatable bonds is 4. The molecule has 0 radical (unpaired) electrons. The zero-order chi connectivity index (χ0) is 14.7. The summed E-state index contributed by atoms with van der Waals surface area (Å²) in [7, 11) is 0. The van der Waals surface area contributed by atoms with E-state index < -0.39 is 0 Å². The highest BCUT2D eigenvalue weighted by Crippen LogP contribution is 2.28. The number of amidine groups is 1. The molecule has 2 rings (SSSR count). The number of nitrogens with two attached hydrogens (primary N) is 1. The van der Waals surface area contributed by atoms with E-state index in [4.69, 9.17) is 22.7 Å². The van der Waals surface area contributed by atoms with Crippen molar-refractivity contribution in [3.63, 3.8) is 0 Å². The minimum atomic E-state index is 0.0635. The first-order valence-electron chi connectivity index (χ1n) is 6.17. The minimum Gasteiger partial charge on any atom is -0.384 e. The second-order valence-corrected chi connectivity index (χ2v) is 6.00. The number of nitrogens with one attached hydrogen (secondary N) is 1. The van der Waals surface area contributed by atoms with Gasteiger partial charge in [-0.05, 0) is 37.6 Å². The summed E-state index contributed by atoms with van der Waals surface area (Å²) in [5.41, 5.74) is 9.32. The second-order valence-electron chi connectivity index (χ2n) is 4.55. The predicted molar refractivity (Wildman–Crippen MR) is 85.7 cm³/mol. The molecule has 3 N–H and O–H groups in total. The normalized spacial score (nSPS) is 10.6. The molecule has 0 aliphatic heterocycles. The van der Waals surface area contributed by atoms with Crippen LogP contribution in [0.1, 0.15) is 22.5 Å². The van der Waals surface area contributed by atoms with Crippen molar-refractivity contribution in [2.75, 3.05) is 0 Å². The first kappa shape index (κ1) is 14.9. The van der Waals surface area contributed by atoms with Gasteiger partial charge < -0.3 is 5.73 Å². The molecule has 0 amide bonds. The van der Waals surface area contributed by atoms with Crippen LogP contribution in [0.5, 0.6) is 0 Å². The Kier molecular flexibility index (Phi) is 4.68. The molecule has 0 fully saturated rings. The van der Waals surface area contributed by atoms with Gasteiger partial charge in [-0.15, -0.1) is 11.8 Å². The van der Waals surface area contributed by atoms with Crippen LogP contribution in [0.3, 0.4) is 0 Å². The maximum atomic E-state index is 7.71. The quantitative estimate of drug-likeness (QED) is 0.511. The highest BCUT2D eigenvalue weighted by atomic mass is 35.5. The molecule has 1 heterocycles. The number of aryl methyl sites for hydroxylation is 2. The fourth-order valence-corrected chi connectivity index (χ4v) is 3.27. The molecule has 1 aromatic heterocycles. The van der Waals surface area contributed by atoms with E-state index in [9.17, 15) is 0 Å². The number of hydrogen-bond acceptors (Lipinski definition) is 3. The molecule has 3 nitrogen and oxygen atoms in total. The minimum absolute atomic E-state index is 0.0635. The van der Waals surface area contributed by atoms with Crippen molar-refractivity contribution in [1.82, 2.24) is 4.98 Å². The zero-order valence-electron chi connectivity index (χ0n) is 11.4. The summed E-state index contributed by atoms with van der Waals surface area (Å²) < 4.78 is 0. The van der Waals surface area contributed by atoms with E-state index in [1.54, 1.807) is 11.8 Å². The molecule has 0 bridgehead atoms. The number of pyridine rings is 1. The number of thioether (sulfide) groups is 1. The number of aromatic nitrogens is 1. The van der Waals surface area contributed by atoms with E-state index in [-0.39, 0.29) is 5.84 Å². The number of nitrogen functional groups attached to an aromatic ring is 1. The van der Waals surface area contributed by atoms with E-state index in [0.29, 0.717) is 0 Å². The first-order valence-corrected chi connectivity index (χ1v) is 7.53. The topological polar surface area (TPSA) is 62.8 Å². The Morgan fingerprint density at radius 1 is 1.30 bits per heavy atom. The van der Waals surface area contributed by atoms with Gasteiger partial charge in [-0.25, -0.2) is 0 Å². The Morgan fingerprint density at radius 3 is 2.55 bits per heavy atom. The molecule has 0 aliphatic carbocycles. The molecule has 0 aliphatic rings. The van der Waals surface area contributed by atoms with Crippen LogP contribution in [0, 0.1) is 19.3 Å². The number of halogens is 1. The Balaban J connectivity index is 2.24. The number of benzene rings is 1. The molecular formula is C15H16ClN3S. The van der Waals surface area contributed by atoms with Crippen molar-refractivity contribution in [3.05, 3.63) is 57.9 Å². The lowest BCUT2D eigenvalue weighted by molar-refractivity contribution is 1.07. The van der Waals surface area contributed by atoms with Gasteiger partial charge in [0, 0.05) is 27.1 Å². The smallest absolute Gasteiger partial charge is 0.125 e. The summed E-state index contributed by atoms with van der Waals surface area (Å²) in [6.45, 7) is 3.83. The van der Waals surface area contributed by atoms with Gasteiger partial charge in [0.2, 0.25) is 0 Å². The Labute approximate surface area is 128 Å². The van der Waals surface area contributed by atoms with Gasteiger partial charge in [0.25, 0.3) is 0 Å². The van der Waals surface area contributed by atoms with Gasteiger partial charge in [-0.2, -0.15) is 0 Å². The van der Waals surface area contributed by atoms with Gasteiger partial charge in [-0.1, -0.05) is 23.7 Å². The maximum absolute atomic E-state index is 7.71. The van der Waals surface area contributed by atoms with Crippen LogP contribution in [-0.2, 0) is 5.75 Å². The third kappa shape index (κ3) is 3.52. The standard InChI is InChI=1S/C15H16ClN3S/c1-9-7-13(14(15(17)18)10(2)19-9)20-8-11-3-5-12(16)6-4-11/h3-7H,8H2,1-2H3,(H3,17,18). The molecule has 0 unspecified atom stereocenters. The number of nitrogens with zero attached hydrogens (tertiary/aromatic N) is 1. The second kappa shape index (κ2) is 6.29. The van der Waals surface area contributed by atoms with E-state index in [2.05, 4.69) is 4.98 Å². The van der Waals surface area contributed by atoms with E-state index >= 15 is 0 Å². The van der Waals surface area contributed by atoms with Crippen LogP contribution < -0.4 is 5.73 Å². The SMILES string of the molecule is Cc1cc(SCc2ccc(Cl)cc2)c(C(=N)N)c(C)n1. The molecule has 0 saturated heterocycles. The van der Waals surface area contributed by atoms with Gasteiger partial charge in [0.05, 0.1) is 5.56 Å². The third-order valence-electron chi connectivity index (χ3n) is 2.87. The molecule has 0 saturated carbocycles. The van der Waals surface area contributed by atoms with Crippen molar-refractivity contribution >= 4 is 29.2 Å². The van der Waals surface area contributed by atoms with Crippen molar-refractivity contribution in [2.45, 2.75) is 24.5 Å². The Morgan fingerprint density at radius 2 is 1.95 bits per heavy atom. The van der Waals surface area contributed by atoms with E-state index in [0.717, 1.165) is 32.6 Å².